The van der Waals surface area contributed by atoms with Crippen LogP contribution in [0.1, 0.15) is 24.4 Å². The minimum atomic E-state index is 0.174. The van der Waals surface area contributed by atoms with Crippen LogP contribution in [0.2, 0.25) is 0 Å². The number of hydrogen-bond acceptors (Lipinski definition) is 5. The minimum Gasteiger partial charge on any atom is -0.335 e. The molecule has 0 unspecified atom stereocenters. The van der Waals surface area contributed by atoms with E-state index >= 15 is 0 Å². The number of aromatic nitrogens is 2. The Labute approximate surface area is 136 Å². The molecule has 2 aromatic rings. The highest BCUT2D eigenvalue weighted by Gasteiger charge is 2.29. The van der Waals surface area contributed by atoms with Gasteiger partial charge in [-0.25, -0.2) is 0 Å². The summed E-state index contributed by atoms with van der Waals surface area (Å²) in [5.41, 5.74) is 1.23. The molecule has 7 heteroatoms. The van der Waals surface area contributed by atoms with E-state index in [9.17, 15) is 4.79 Å². The van der Waals surface area contributed by atoms with Crippen molar-refractivity contribution in [1.82, 2.24) is 15.1 Å². The van der Waals surface area contributed by atoms with Gasteiger partial charge in [0.1, 0.15) is 0 Å². The Kier molecular flexibility index (Phi) is 4.72. The molecule has 3 rings (SSSR count). The van der Waals surface area contributed by atoms with Crippen LogP contribution >= 0.6 is 35.3 Å². The molecule has 4 nitrogen and oxygen atoms in total. The zero-order valence-electron chi connectivity index (χ0n) is 11.3. The van der Waals surface area contributed by atoms with Crippen molar-refractivity contribution in [3.63, 3.8) is 0 Å². The molecule has 0 aliphatic carbocycles. The van der Waals surface area contributed by atoms with Crippen LogP contribution in [0.15, 0.2) is 34.7 Å². The SMILES string of the molecule is O=C(CSc1n[nH]c(=S)s1)N1CCC[C@@H]1c1ccccc1. The van der Waals surface area contributed by atoms with Crippen LogP contribution in [0.3, 0.4) is 0 Å². The van der Waals surface area contributed by atoms with E-state index in [1.165, 1.54) is 28.7 Å². The lowest BCUT2D eigenvalue weighted by molar-refractivity contribution is -0.129. The fraction of sp³-hybridized carbons (Fsp3) is 0.357. The Morgan fingerprint density at radius 1 is 1.48 bits per heavy atom. The number of likely N-dealkylation sites (tertiary alicyclic amines) is 1. The molecule has 1 aromatic carbocycles. The molecule has 1 aliphatic heterocycles. The van der Waals surface area contributed by atoms with E-state index in [-0.39, 0.29) is 11.9 Å². The first-order chi connectivity index (χ1) is 10.2. The van der Waals surface area contributed by atoms with Crippen molar-refractivity contribution < 1.29 is 4.79 Å². The van der Waals surface area contributed by atoms with E-state index in [1.807, 2.05) is 23.1 Å². The molecule has 1 amide bonds. The first kappa shape index (κ1) is 14.7. The van der Waals surface area contributed by atoms with Gasteiger partial charge in [-0.3, -0.25) is 9.89 Å². The van der Waals surface area contributed by atoms with Gasteiger partial charge in [0.2, 0.25) is 5.91 Å². The molecule has 1 N–H and O–H groups in total. The topological polar surface area (TPSA) is 49.0 Å². The number of H-pyrrole nitrogens is 1. The highest BCUT2D eigenvalue weighted by Crippen LogP contribution is 2.32. The second-order valence-electron chi connectivity index (χ2n) is 4.82. The van der Waals surface area contributed by atoms with Gasteiger partial charge >= 0.3 is 0 Å². The highest BCUT2D eigenvalue weighted by atomic mass is 32.2. The van der Waals surface area contributed by atoms with Crippen molar-refractivity contribution in [2.24, 2.45) is 0 Å². The van der Waals surface area contributed by atoms with Gasteiger partial charge in [-0.15, -0.1) is 0 Å². The van der Waals surface area contributed by atoms with E-state index < -0.39 is 0 Å². The molecule has 0 radical (unpaired) electrons. The Hall–Kier alpha value is -1.18. The van der Waals surface area contributed by atoms with Crippen LogP contribution in [0.5, 0.6) is 0 Å². The normalized spacial score (nSPS) is 18.1. The molecule has 1 saturated heterocycles. The molecule has 2 heterocycles. The average Bonchev–Trinajstić information content (AvgIpc) is 3.14. The van der Waals surface area contributed by atoms with Crippen LogP contribution in [-0.2, 0) is 4.79 Å². The van der Waals surface area contributed by atoms with Gasteiger partial charge in [0, 0.05) is 6.54 Å². The summed E-state index contributed by atoms with van der Waals surface area (Å²) >= 11 is 7.86. The maximum Gasteiger partial charge on any atom is 0.233 e. The van der Waals surface area contributed by atoms with Crippen LogP contribution in [0, 0.1) is 3.95 Å². The van der Waals surface area contributed by atoms with Crippen LogP contribution in [0.4, 0.5) is 0 Å². The van der Waals surface area contributed by atoms with Gasteiger partial charge in [0.15, 0.2) is 8.29 Å². The van der Waals surface area contributed by atoms with Crippen molar-refractivity contribution in [1.29, 1.82) is 0 Å². The lowest BCUT2D eigenvalue weighted by atomic mass is 10.0. The number of nitrogens with one attached hydrogen (secondary N) is 1. The van der Waals surface area contributed by atoms with Crippen molar-refractivity contribution >= 4 is 41.2 Å². The number of hydrogen-bond donors (Lipinski definition) is 1. The fourth-order valence-corrected chi connectivity index (χ4v) is 4.54. The lowest BCUT2D eigenvalue weighted by Crippen LogP contribution is -2.31. The molecule has 0 bridgehead atoms. The summed E-state index contributed by atoms with van der Waals surface area (Å²) in [6, 6.07) is 10.5. The largest absolute Gasteiger partial charge is 0.335 e. The summed E-state index contributed by atoms with van der Waals surface area (Å²) in [6.07, 6.45) is 2.11. The Morgan fingerprint density at radius 3 is 3.00 bits per heavy atom. The Bertz CT molecular complexity index is 667. The summed E-state index contributed by atoms with van der Waals surface area (Å²) in [4.78, 5) is 14.4. The third-order valence-electron chi connectivity index (χ3n) is 3.50. The van der Waals surface area contributed by atoms with Gasteiger partial charge < -0.3 is 4.90 Å². The number of nitrogens with zero attached hydrogens (tertiary/aromatic N) is 2. The maximum atomic E-state index is 12.5. The number of aromatic amines is 1. The molecule has 21 heavy (non-hydrogen) atoms. The van der Waals surface area contributed by atoms with E-state index in [0.29, 0.717) is 9.71 Å². The average molecular weight is 337 g/mol. The smallest absolute Gasteiger partial charge is 0.233 e. The molecular weight excluding hydrogens is 322 g/mol. The maximum absolute atomic E-state index is 12.5. The molecule has 1 atom stereocenters. The van der Waals surface area contributed by atoms with Gasteiger partial charge in [-0.1, -0.05) is 53.4 Å². The predicted octanol–water partition coefficient (Wildman–Crippen LogP) is 3.66. The molecule has 1 aliphatic rings. The van der Waals surface area contributed by atoms with E-state index in [1.54, 1.807) is 0 Å². The number of carbonyl (C=O) groups is 1. The second-order valence-corrected chi connectivity index (χ2v) is 7.71. The van der Waals surface area contributed by atoms with Gasteiger partial charge in [-0.05, 0) is 30.6 Å². The van der Waals surface area contributed by atoms with E-state index in [4.69, 9.17) is 12.2 Å². The van der Waals surface area contributed by atoms with Gasteiger partial charge in [-0.2, -0.15) is 5.10 Å². The monoisotopic (exact) mass is 337 g/mol. The zero-order valence-corrected chi connectivity index (χ0v) is 13.8. The van der Waals surface area contributed by atoms with Crippen molar-refractivity contribution in [3.05, 3.63) is 39.8 Å². The van der Waals surface area contributed by atoms with E-state index in [2.05, 4.69) is 22.3 Å². The predicted molar refractivity (Wildman–Crippen MR) is 88.2 cm³/mol. The number of rotatable bonds is 4. The molecule has 0 saturated carbocycles. The summed E-state index contributed by atoms with van der Waals surface area (Å²) in [5, 5.41) is 6.81. The quantitative estimate of drug-likeness (QED) is 0.683. The van der Waals surface area contributed by atoms with Gasteiger partial charge in [0.05, 0.1) is 11.8 Å². The first-order valence-corrected chi connectivity index (χ1v) is 8.98. The number of amides is 1. The standard InChI is InChI=1S/C14H15N3OS3/c18-12(9-20-14-16-15-13(19)21-14)17-8-4-7-11(17)10-5-2-1-3-6-10/h1-3,5-6,11H,4,7-9H2,(H,15,19)/t11-/m1/s1. The number of carbonyl (C=O) groups excluding carboxylic acids is 1. The van der Waals surface area contributed by atoms with Crippen LogP contribution < -0.4 is 0 Å². The first-order valence-electron chi connectivity index (χ1n) is 6.77. The highest BCUT2D eigenvalue weighted by molar-refractivity contribution is 8.01. The zero-order chi connectivity index (χ0) is 14.7. The Balaban J connectivity index is 1.64. The third-order valence-corrected chi connectivity index (χ3v) is 5.71. The third kappa shape index (κ3) is 3.53. The summed E-state index contributed by atoms with van der Waals surface area (Å²) in [6.45, 7) is 0.842. The minimum absolute atomic E-state index is 0.174. The van der Waals surface area contributed by atoms with Crippen LogP contribution in [0.25, 0.3) is 0 Å². The molecule has 1 fully saturated rings. The molecule has 1 aromatic heterocycles. The summed E-state index contributed by atoms with van der Waals surface area (Å²) in [5.74, 6) is 0.590. The lowest BCUT2D eigenvalue weighted by Gasteiger charge is -2.24. The second kappa shape index (κ2) is 6.72. The van der Waals surface area contributed by atoms with Crippen molar-refractivity contribution in [2.45, 2.75) is 23.2 Å². The van der Waals surface area contributed by atoms with E-state index in [0.717, 1.165) is 23.7 Å². The van der Waals surface area contributed by atoms with Crippen molar-refractivity contribution in [2.75, 3.05) is 12.3 Å². The van der Waals surface area contributed by atoms with Crippen molar-refractivity contribution in [3.8, 4) is 0 Å². The molecule has 0 spiro atoms. The molecular formula is C14H15N3OS3. The fourth-order valence-electron chi connectivity index (χ4n) is 2.57. The Morgan fingerprint density at radius 2 is 2.29 bits per heavy atom. The van der Waals surface area contributed by atoms with Gasteiger partial charge in [0.25, 0.3) is 0 Å². The van der Waals surface area contributed by atoms with Crippen LogP contribution in [-0.4, -0.2) is 33.3 Å². The number of benzene rings is 1. The summed E-state index contributed by atoms with van der Waals surface area (Å²) in [7, 11) is 0. The number of thioether (sulfide) groups is 1. The molecule has 110 valence electrons. The summed E-state index contributed by atoms with van der Waals surface area (Å²) < 4.78 is 1.47.